The standard InChI is InChI=1S/C17H14O2/c1-12-7-9-13(10-8-12)15-11-19-17(18)16(15)14-5-3-2-4-6-14/h2-10H,11H2,1H3. The van der Waals surface area contributed by atoms with Crippen molar-refractivity contribution in [2.75, 3.05) is 6.61 Å². The lowest BCUT2D eigenvalue weighted by Crippen LogP contribution is -1.98. The Balaban J connectivity index is 2.13. The number of cyclic esters (lactones) is 1. The topological polar surface area (TPSA) is 26.3 Å². The lowest BCUT2D eigenvalue weighted by molar-refractivity contribution is -0.133. The molecule has 1 aliphatic heterocycles. The first kappa shape index (κ1) is 11.7. The van der Waals surface area contributed by atoms with Crippen LogP contribution in [0.1, 0.15) is 16.7 Å². The Labute approximate surface area is 112 Å². The summed E-state index contributed by atoms with van der Waals surface area (Å²) in [5.41, 5.74) is 4.83. The van der Waals surface area contributed by atoms with Crippen LogP contribution in [0.15, 0.2) is 54.6 Å². The van der Waals surface area contributed by atoms with E-state index in [0.29, 0.717) is 12.2 Å². The van der Waals surface area contributed by atoms with E-state index in [1.54, 1.807) is 0 Å². The Bertz CT molecular complexity index is 637. The van der Waals surface area contributed by atoms with Gasteiger partial charge in [-0.25, -0.2) is 4.79 Å². The molecule has 0 saturated heterocycles. The van der Waals surface area contributed by atoms with Crippen LogP contribution in [0.2, 0.25) is 0 Å². The van der Waals surface area contributed by atoms with Crippen LogP contribution in [0.25, 0.3) is 11.1 Å². The van der Waals surface area contributed by atoms with Crippen molar-refractivity contribution in [2.24, 2.45) is 0 Å². The van der Waals surface area contributed by atoms with Gasteiger partial charge in [-0.05, 0) is 18.1 Å². The SMILES string of the molecule is Cc1ccc(C2=C(c3ccccc3)C(=O)OC2)cc1. The summed E-state index contributed by atoms with van der Waals surface area (Å²) < 4.78 is 5.20. The number of rotatable bonds is 2. The van der Waals surface area contributed by atoms with Gasteiger partial charge in [0.05, 0.1) is 5.57 Å². The van der Waals surface area contributed by atoms with Crippen molar-refractivity contribution in [2.45, 2.75) is 6.92 Å². The molecule has 0 aliphatic carbocycles. The highest BCUT2D eigenvalue weighted by Gasteiger charge is 2.26. The highest BCUT2D eigenvalue weighted by Crippen LogP contribution is 2.32. The molecule has 0 aromatic heterocycles. The minimum absolute atomic E-state index is 0.234. The summed E-state index contributed by atoms with van der Waals surface area (Å²) in [5, 5.41) is 0. The van der Waals surface area contributed by atoms with E-state index in [-0.39, 0.29) is 5.97 Å². The zero-order valence-electron chi connectivity index (χ0n) is 10.7. The van der Waals surface area contributed by atoms with E-state index in [9.17, 15) is 4.79 Å². The molecule has 0 unspecified atom stereocenters. The molecule has 0 saturated carbocycles. The molecule has 94 valence electrons. The Morgan fingerprint density at radius 2 is 1.58 bits per heavy atom. The molecule has 0 radical (unpaired) electrons. The van der Waals surface area contributed by atoms with Crippen molar-refractivity contribution in [3.8, 4) is 0 Å². The van der Waals surface area contributed by atoms with Gasteiger partial charge < -0.3 is 4.74 Å². The number of carbonyl (C=O) groups is 1. The van der Waals surface area contributed by atoms with Gasteiger partial charge in [0.15, 0.2) is 0 Å². The first-order valence-electron chi connectivity index (χ1n) is 6.28. The van der Waals surface area contributed by atoms with Crippen molar-refractivity contribution < 1.29 is 9.53 Å². The van der Waals surface area contributed by atoms with Gasteiger partial charge >= 0.3 is 5.97 Å². The van der Waals surface area contributed by atoms with Crippen molar-refractivity contribution in [3.05, 3.63) is 71.3 Å². The molecule has 0 fully saturated rings. The molecule has 19 heavy (non-hydrogen) atoms. The Kier molecular flexibility index (Phi) is 2.92. The molecule has 2 aromatic rings. The zero-order chi connectivity index (χ0) is 13.2. The molecule has 0 spiro atoms. The van der Waals surface area contributed by atoms with Gasteiger partial charge in [0.25, 0.3) is 0 Å². The third-order valence-electron chi connectivity index (χ3n) is 3.32. The maximum absolute atomic E-state index is 11.9. The number of esters is 1. The lowest BCUT2D eigenvalue weighted by atomic mass is 9.96. The Morgan fingerprint density at radius 3 is 2.26 bits per heavy atom. The van der Waals surface area contributed by atoms with E-state index < -0.39 is 0 Å². The van der Waals surface area contributed by atoms with Crippen molar-refractivity contribution in [1.29, 1.82) is 0 Å². The van der Waals surface area contributed by atoms with E-state index in [1.807, 2.05) is 61.5 Å². The molecular weight excluding hydrogens is 236 g/mol. The fourth-order valence-electron chi connectivity index (χ4n) is 2.28. The number of hydrogen-bond acceptors (Lipinski definition) is 2. The second-order valence-corrected chi connectivity index (χ2v) is 4.66. The average molecular weight is 250 g/mol. The number of hydrogen-bond donors (Lipinski definition) is 0. The van der Waals surface area contributed by atoms with Crippen LogP contribution in [-0.4, -0.2) is 12.6 Å². The van der Waals surface area contributed by atoms with Crippen LogP contribution < -0.4 is 0 Å². The van der Waals surface area contributed by atoms with Gasteiger partial charge in [-0.3, -0.25) is 0 Å². The summed E-state index contributed by atoms with van der Waals surface area (Å²) in [6, 6.07) is 17.9. The maximum Gasteiger partial charge on any atom is 0.339 e. The van der Waals surface area contributed by atoms with Gasteiger partial charge in [-0.2, -0.15) is 0 Å². The van der Waals surface area contributed by atoms with Crippen molar-refractivity contribution in [1.82, 2.24) is 0 Å². The van der Waals surface area contributed by atoms with E-state index in [2.05, 4.69) is 0 Å². The predicted molar refractivity (Wildman–Crippen MR) is 75.4 cm³/mol. The number of ether oxygens (including phenoxy) is 1. The second kappa shape index (κ2) is 4.73. The average Bonchev–Trinajstić information content (AvgIpc) is 2.82. The number of carbonyl (C=O) groups excluding carboxylic acids is 1. The smallest absolute Gasteiger partial charge is 0.339 e. The molecule has 2 nitrogen and oxygen atoms in total. The normalized spacial score (nSPS) is 14.7. The molecule has 1 aliphatic rings. The van der Waals surface area contributed by atoms with Gasteiger partial charge in [0.2, 0.25) is 0 Å². The van der Waals surface area contributed by atoms with Crippen molar-refractivity contribution in [3.63, 3.8) is 0 Å². The highest BCUT2D eigenvalue weighted by molar-refractivity contribution is 6.27. The van der Waals surface area contributed by atoms with E-state index in [0.717, 1.165) is 16.7 Å². The third-order valence-corrected chi connectivity index (χ3v) is 3.32. The minimum Gasteiger partial charge on any atom is -0.457 e. The van der Waals surface area contributed by atoms with Gasteiger partial charge in [0.1, 0.15) is 6.61 Å². The third kappa shape index (κ3) is 2.17. The molecule has 2 aromatic carbocycles. The van der Waals surface area contributed by atoms with E-state index in [4.69, 9.17) is 4.74 Å². The molecule has 0 amide bonds. The summed E-state index contributed by atoms with van der Waals surface area (Å²) in [5.74, 6) is -0.234. The number of benzene rings is 2. The molecular formula is C17H14O2. The van der Waals surface area contributed by atoms with Crippen LogP contribution in [0.4, 0.5) is 0 Å². The monoisotopic (exact) mass is 250 g/mol. The summed E-state index contributed by atoms with van der Waals surface area (Å²) in [4.78, 5) is 11.9. The quantitative estimate of drug-likeness (QED) is 0.763. The lowest BCUT2D eigenvalue weighted by Gasteiger charge is -2.04. The van der Waals surface area contributed by atoms with Crippen LogP contribution in [0.3, 0.4) is 0 Å². The summed E-state index contributed by atoms with van der Waals surface area (Å²) >= 11 is 0. The molecule has 1 heterocycles. The summed E-state index contributed by atoms with van der Waals surface area (Å²) in [6.45, 7) is 2.40. The predicted octanol–water partition coefficient (Wildman–Crippen LogP) is 3.46. The largest absolute Gasteiger partial charge is 0.457 e. The fourth-order valence-corrected chi connectivity index (χ4v) is 2.28. The molecule has 0 N–H and O–H groups in total. The van der Waals surface area contributed by atoms with E-state index >= 15 is 0 Å². The molecule has 3 rings (SSSR count). The number of aryl methyl sites for hydroxylation is 1. The van der Waals surface area contributed by atoms with Crippen LogP contribution >= 0.6 is 0 Å². The minimum atomic E-state index is -0.234. The van der Waals surface area contributed by atoms with E-state index in [1.165, 1.54) is 5.56 Å². The first-order chi connectivity index (χ1) is 9.25. The maximum atomic E-state index is 11.9. The molecule has 0 bridgehead atoms. The highest BCUT2D eigenvalue weighted by atomic mass is 16.5. The van der Waals surface area contributed by atoms with Crippen LogP contribution in [0.5, 0.6) is 0 Å². The zero-order valence-corrected chi connectivity index (χ0v) is 10.7. The second-order valence-electron chi connectivity index (χ2n) is 4.66. The molecule has 0 atom stereocenters. The molecule has 2 heteroatoms. The van der Waals surface area contributed by atoms with Crippen LogP contribution in [-0.2, 0) is 9.53 Å². The summed E-state index contributed by atoms with van der Waals surface area (Å²) in [6.07, 6.45) is 0. The van der Waals surface area contributed by atoms with Gasteiger partial charge in [-0.15, -0.1) is 0 Å². The first-order valence-corrected chi connectivity index (χ1v) is 6.28. The Morgan fingerprint density at radius 1 is 0.895 bits per heavy atom. The Hall–Kier alpha value is -2.35. The van der Waals surface area contributed by atoms with Gasteiger partial charge in [-0.1, -0.05) is 60.2 Å². The van der Waals surface area contributed by atoms with Crippen LogP contribution in [0, 0.1) is 6.92 Å². The fraction of sp³-hybridized carbons (Fsp3) is 0.118. The summed E-state index contributed by atoms with van der Waals surface area (Å²) in [7, 11) is 0. The van der Waals surface area contributed by atoms with Crippen molar-refractivity contribution >= 4 is 17.1 Å². The van der Waals surface area contributed by atoms with Gasteiger partial charge in [0, 0.05) is 5.57 Å².